The number of aliphatic carboxylic acids is 1. The summed E-state index contributed by atoms with van der Waals surface area (Å²) in [6.45, 7) is 13.9. The molecule has 0 heterocycles. The van der Waals surface area contributed by atoms with E-state index in [4.69, 9.17) is 0 Å². The summed E-state index contributed by atoms with van der Waals surface area (Å²) in [5.74, 6) is -0.913. The second-order valence-corrected chi connectivity index (χ2v) is 7.18. The molecule has 0 aliphatic heterocycles. The lowest BCUT2D eigenvalue weighted by Gasteiger charge is -2.35. The minimum atomic E-state index is -0.913. The molecule has 0 aromatic heterocycles. The van der Waals surface area contributed by atoms with Crippen molar-refractivity contribution in [2.24, 2.45) is 0 Å². The van der Waals surface area contributed by atoms with E-state index in [1.54, 1.807) is 0 Å². The second-order valence-electron chi connectivity index (χ2n) is 7.18. The summed E-state index contributed by atoms with van der Waals surface area (Å²) in [7, 11) is 0. The van der Waals surface area contributed by atoms with Gasteiger partial charge in [-0.2, -0.15) is 0 Å². The molecule has 0 amide bonds. The third kappa shape index (κ3) is 12.1. The zero-order chi connectivity index (χ0) is 19.7. The average Bonchev–Trinajstić information content (AvgIpc) is 2.67. The predicted molar refractivity (Wildman–Crippen MR) is 110 cm³/mol. The summed E-state index contributed by atoms with van der Waals surface area (Å²) >= 11 is 0. The molecule has 0 fully saturated rings. The van der Waals surface area contributed by atoms with Crippen molar-refractivity contribution in [1.82, 2.24) is 0 Å². The number of carbonyl (C=O) groups is 1. The first-order valence-corrected chi connectivity index (χ1v) is 10.6. The van der Waals surface area contributed by atoms with E-state index in [-0.39, 0.29) is 6.42 Å². The first-order valence-electron chi connectivity index (χ1n) is 10.6. The van der Waals surface area contributed by atoms with Gasteiger partial charge >= 0.3 is 0 Å². The van der Waals surface area contributed by atoms with E-state index in [1.165, 1.54) is 68.3 Å². The number of hydrogen-bond donors (Lipinski definition) is 0. The van der Waals surface area contributed by atoms with Gasteiger partial charge in [0, 0.05) is 11.5 Å². The molecule has 0 bridgehead atoms. The maximum absolute atomic E-state index is 10.0. The fourth-order valence-corrected chi connectivity index (χ4v) is 3.20. The molecule has 1 rings (SSSR count). The Bertz CT molecular complexity index is 433. The second kappa shape index (κ2) is 15.9. The Hall–Kier alpha value is -1.35. The van der Waals surface area contributed by atoms with Crippen molar-refractivity contribution in [1.29, 1.82) is 0 Å². The number of nitrogens with zero attached hydrogens (tertiary/aromatic N) is 1. The van der Waals surface area contributed by atoms with Crippen LogP contribution in [0.4, 0.5) is 0 Å². The smallest absolute Gasteiger partial charge is 0.104 e. The number of quaternary nitrogens is 1. The molecule has 0 saturated carbocycles. The van der Waals surface area contributed by atoms with Crippen LogP contribution in [0, 0.1) is 0 Å². The highest BCUT2D eigenvalue weighted by Crippen LogP contribution is 2.13. The number of carbonyl (C=O) groups excluding carboxylic acids is 1. The summed E-state index contributed by atoms with van der Waals surface area (Å²) in [6.07, 6.45) is 8.34. The van der Waals surface area contributed by atoms with Gasteiger partial charge in [0.2, 0.25) is 0 Å². The Morgan fingerprint density at radius 2 is 1.31 bits per heavy atom. The molecule has 1 aromatic rings. The van der Waals surface area contributed by atoms with E-state index >= 15 is 0 Å². The lowest BCUT2D eigenvalue weighted by Crippen LogP contribution is -2.46. The summed E-state index contributed by atoms with van der Waals surface area (Å²) in [5, 5.41) is 10.0. The third-order valence-electron chi connectivity index (χ3n) is 5.36. The van der Waals surface area contributed by atoms with E-state index in [1.807, 2.05) is 0 Å². The monoisotopic (exact) mass is 363 g/mol. The minimum Gasteiger partial charge on any atom is -0.550 e. The molecule has 3 nitrogen and oxygen atoms in total. The van der Waals surface area contributed by atoms with Crippen molar-refractivity contribution >= 4 is 5.97 Å². The molecule has 0 radical (unpaired) electrons. The molecule has 150 valence electrons. The Kier molecular flexibility index (Phi) is 15.0. The number of carboxylic acids is 1. The molecule has 0 atom stereocenters. The zero-order valence-corrected chi connectivity index (χ0v) is 17.6. The average molecular weight is 364 g/mol. The fourth-order valence-electron chi connectivity index (χ4n) is 3.20. The first kappa shape index (κ1) is 24.7. The van der Waals surface area contributed by atoms with E-state index < -0.39 is 5.97 Å². The zero-order valence-electron chi connectivity index (χ0n) is 17.6. The van der Waals surface area contributed by atoms with Gasteiger partial charge in [-0.05, 0) is 33.6 Å². The van der Waals surface area contributed by atoms with Gasteiger partial charge in [-0.25, -0.2) is 0 Å². The van der Waals surface area contributed by atoms with Crippen molar-refractivity contribution in [2.45, 2.75) is 85.6 Å². The summed E-state index contributed by atoms with van der Waals surface area (Å²) in [4.78, 5) is 10.0. The van der Waals surface area contributed by atoms with Crippen LogP contribution in [0.2, 0.25) is 0 Å². The summed E-state index contributed by atoms with van der Waals surface area (Å²) in [6, 6.07) is 10.8. The van der Waals surface area contributed by atoms with E-state index in [0.29, 0.717) is 0 Å². The van der Waals surface area contributed by atoms with Gasteiger partial charge in [0.1, 0.15) is 6.54 Å². The fraction of sp³-hybridized carbons (Fsp3) is 0.696. The number of unbranched alkanes of at least 4 members (excludes halogenated alkanes) is 6. The molecule has 0 aliphatic carbocycles. The van der Waals surface area contributed by atoms with Crippen LogP contribution in [0.3, 0.4) is 0 Å². The van der Waals surface area contributed by atoms with Crippen LogP contribution in [0.15, 0.2) is 30.3 Å². The highest BCUT2D eigenvalue weighted by Gasteiger charge is 2.20. The highest BCUT2D eigenvalue weighted by molar-refractivity contribution is 5.63. The number of hydrogen-bond acceptors (Lipinski definition) is 2. The largest absolute Gasteiger partial charge is 0.550 e. The SMILES string of the molecule is CCCCCCCCCC(=O)[O-].CC[N+](CC)(CC)Cc1ccccc1. The predicted octanol–water partition coefficient (Wildman–Crippen LogP) is 4.94. The third-order valence-corrected chi connectivity index (χ3v) is 5.36. The normalized spacial score (nSPS) is 10.9. The van der Waals surface area contributed by atoms with Crippen LogP contribution in [-0.4, -0.2) is 30.1 Å². The van der Waals surface area contributed by atoms with Crippen LogP contribution in [0.5, 0.6) is 0 Å². The molecule has 1 aromatic carbocycles. The van der Waals surface area contributed by atoms with Gasteiger partial charge in [0.25, 0.3) is 0 Å². The van der Waals surface area contributed by atoms with Gasteiger partial charge in [-0.3, -0.25) is 0 Å². The van der Waals surface area contributed by atoms with Gasteiger partial charge in [0.05, 0.1) is 19.6 Å². The van der Waals surface area contributed by atoms with Crippen molar-refractivity contribution in [3.8, 4) is 0 Å². The first-order chi connectivity index (χ1) is 12.5. The summed E-state index contributed by atoms with van der Waals surface area (Å²) < 4.78 is 1.20. The highest BCUT2D eigenvalue weighted by atomic mass is 16.4. The van der Waals surface area contributed by atoms with Crippen molar-refractivity contribution in [3.05, 3.63) is 35.9 Å². The van der Waals surface area contributed by atoms with Gasteiger partial charge < -0.3 is 14.4 Å². The van der Waals surface area contributed by atoms with Crippen molar-refractivity contribution in [2.75, 3.05) is 19.6 Å². The molecular formula is C23H41NO2. The number of carboxylic acid groups (broad SMARTS) is 1. The number of rotatable bonds is 13. The van der Waals surface area contributed by atoms with Crippen LogP contribution in [-0.2, 0) is 11.3 Å². The van der Waals surface area contributed by atoms with Gasteiger partial charge in [-0.1, -0.05) is 75.8 Å². The van der Waals surface area contributed by atoms with Crippen LogP contribution < -0.4 is 5.11 Å². The molecule has 0 N–H and O–H groups in total. The van der Waals surface area contributed by atoms with Crippen LogP contribution in [0.1, 0.15) is 84.6 Å². The molecule has 0 spiro atoms. The standard InChI is InChI=1S/C13H22N.C10H20O2/c1-4-14(5-2,6-3)12-13-10-8-7-9-11-13;1-2-3-4-5-6-7-8-9-10(11)12/h7-11H,4-6,12H2,1-3H3;2-9H2,1H3,(H,11,12)/q+1;/p-1. The Morgan fingerprint density at radius 3 is 1.77 bits per heavy atom. The van der Waals surface area contributed by atoms with Gasteiger partial charge in [0.15, 0.2) is 0 Å². The topological polar surface area (TPSA) is 40.1 Å². The maximum atomic E-state index is 10.0. The molecule has 26 heavy (non-hydrogen) atoms. The molecular weight excluding hydrogens is 322 g/mol. The van der Waals surface area contributed by atoms with E-state index in [9.17, 15) is 9.90 Å². The van der Waals surface area contributed by atoms with E-state index in [2.05, 4.69) is 58.0 Å². The van der Waals surface area contributed by atoms with E-state index in [0.717, 1.165) is 12.8 Å². The minimum absolute atomic E-state index is 0.230. The molecule has 0 unspecified atom stereocenters. The van der Waals surface area contributed by atoms with Gasteiger partial charge in [-0.15, -0.1) is 0 Å². The Morgan fingerprint density at radius 1 is 0.808 bits per heavy atom. The molecule has 0 aliphatic rings. The maximum Gasteiger partial charge on any atom is 0.104 e. The Balaban J connectivity index is 0.000000488. The van der Waals surface area contributed by atoms with Crippen LogP contribution >= 0.6 is 0 Å². The molecule has 0 saturated heterocycles. The lowest BCUT2D eigenvalue weighted by molar-refractivity contribution is -0.936. The lowest BCUT2D eigenvalue weighted by atomic mass is 10.1. The summed E-state index contributed by atoms with van der Waals surface area (Å²) in [5.41, 5.74) is 1.46. The number of benzene rings is 1. The van der Waals surface area contributed by atoms with Crippen molar-refractivity contribution in [3.63, 3.8) is 0 Å². The Labute approximate surface area is 162 Å². The van der Waals surface area contributed by atoms with Crippen LogP contribution in [0.25, 0.3) is 0 Å². The van der Waals surface area contributed by atoms with Crippen molar-refractivity contribution < 1.29 is 14.4 Å². The molecule has 3 heteroatoms. The quantitative estimate of drug-likeness (QED) is 0.368.